The molecule has 4 rings (SSSR count). The molecule has 1 aromatic carbocycles. The lowest BCUT2D eigenvalue weighted by Crippen LogP contribution is -2.30. The fourth-order valence-corrected chi connectivity index (χ4v) is 4.24. The smallest absolute Gasteiger partial charge is 0.132 e. The van der Waals surface area contributed by atoms with Gasteiger partial charge in [-0.3, -0.25) is 0 Å². The number of nitrogens with one attached hydrogen (secondary N) is 3. The minimum Gasteiger partial charge on any atom is -0.393 e. The number of pyridine rings is 1. The Morgan fingerprint density at radius 1 is 1.00 bits per heavy atom. The number of aliphatic hydroxyl groups excluding tert-OH is 1. The standard InChI is InChI=1S/C22H29FN4O/c23-16-1-3-18(4-2-16)27-22-13-21(26-17-5-7-19(28)8-6-17)20(14-25-22)15-9-11-24-12-10-15/h1-4,13-15,17,19,24,28H,5-12H2,(H2,25,26,27). The van der Waals surface area contributed by atoms with Gasteiger partial charge in [-0.15, -0.1) is 0 Å². The van der Waals surface area contributed by atoms with Crippen molar-refractivity contribution in [3.8, 4) is 0 Å². The highest BCUT2D eigenvalue weighted by atomic mass is 19.1. The number of halogens is 1. The maximum absolute atomic E-state index is 13.2. The zero-order valence-corrected chi connectivity index (χ0v) is 16.1. The van der Waals surface area contributed by atoms with E-state index in [1.54, 1.807) is 12.1 Å². The molecule has 0 radical (unpaired) electrons. The highest BCUT2D eigenvalue weighted by molar-refractivity contribution is 5.64. The van der Waals surface area contributed by atoms with Gasteiger partial charge in [0.2, 0.25) is 0 Å². The zero-order chi connectivity index (χ0) is 19.3. The second-order valence-corrected chi connectivity index (χ2v) is 7.96. The molecule has 150 valence electrons. The number of benzene rings is 1. The summed E-state index contributed by atoms with van der Waals surface area (Å²) in [7, 11) is 0. The second kappa shape index (κ2) is 8.88. The number of nitrogens with zero attached hydrogens (tertiary/aromatic N) is 1. The van der Waals surface area contributed by atoms with Crippen molar-refractivity contribution in [1.82, 2.24) is 10.3 Å². The molecule has 0 bridgehead atoms. The van der Waals surface area contributed by atoms with Crippen LogP contribution < -0.4 is 16.0 Å². The van der Waals surface area contributed by atoms with E-state index in [0.717, 1.165) is 68.8 Å². The van der Waals surface area contributed by atoms with Crippen LogP contribution in [0.4, 0.5) is 21.6 Å². The lowest BCUT2D eigenvalue weighted by atomic mass is 9.89. The average molecular weight is 384 g/mol. The van der Waals surface area contributed by atoms with Crippen LogP contribution in [-0.4, -0.2) is 35.3 Å². The van der Waals surface area contributed by atoms with Crippen LogP contribution in [0, 0.1) is 5.82 Å². The largest absolute Gasteiger partial charge is 0.393 e. The Kier molecular flexibility index (Phi) is 6.07. The maximum atomic E-state index is 13.2. The molecule has 5 nitrogen and oxygen atoms in total. The quantitative estimate of drug-likeness (QED) is 0.624. The Morgan fingerprint density at radius 2 is 1.71 bits per heavy atom. The van der Waals surface area contributed by atoms with Gasteiger partial charge in [0, 0.05) is 29.7 Å². The molecule has 1 saturated heterocycles. The van der Waals surface area contributed by atoms with Crippen LogP contribution in [0.3, 0.4) is 0 Å². The molecule has 4 N–H and O–H groups in total. The van der Waals surface area contributed by atoms with E-state index in [-0.39, 0.29) is 11.9 Å². The highest BCUT2D eigenvalue weighted by Gasteiger charge is 2.23. The molecular weight excluding hydrogens is 355 g/mol. The van der Waals surface area contributed by atoms with Crippen molar-refractivity contribution in [1.29, 1.82) is 0 Å². The number of aliphatic hydroxyl groups is 1. The number of hydrogen-bond acceptors (Lipinski definition) is 5. The molecule has 2 aliphatic rings. The fourth-order valence-electron chi connectivity index (χ4n) is 4.24. The number of hydrogen-bond donors (Lipinski definition) is 4. The highest BCUT2D eigenvalue weighted by Crippen LogP contribution is 2.34. The van der Waals surface area contributed by atoms with Gasteiger partial charge in [0.25, 0.3) is 0 Å². The summed E-state index contributed by atoms with van der Waals surface area (Å²) in [5, 5.41) is 20.2. The summed E-state index contributed by atoms with van der Waals surface area (Å²) in [6.45, 7) is 2.07. The van der Waals surface area contributed by atoms with Gasteiger partial charge < -0.3 is 21.1 Å². The van der Waals surface area contributed by atoms with Gasteiger partial charge in [-0.2, -0.15) is 0 Å². The first-order valence-corrected chi connectivity index (χ1v) is 10.4. The molecule has 2 heterocycles. The summed E-state index contributed by atoms with van der Waals surface area (Å²) in [5.41, 5.74) is 3.22. The summed E-state index contributed by atoms with van der Waals surface area (Å²) in [5.74, 6) is 1.01. The molecule has 1 aliphatic heterocycles. The first kappa shape index (κ1) is 19.2. The Hall–Kier alpha value is -2.18. The molecular formula is C22H29FN4O. The first-order chi connectivity index (χ1) is 13.7. The van der Waals surface area contributed by atoms with Crippen LogP contribution >= 0.6 is 0 Å². The minimum atomic E-state index is -0.249. The third-order valence-electron chi connectivity index (χ3n) is 5.89. The van der Waals surface area contributed by atoms with Crippen LogP contribution in [0.2, 0.25) is 0 Å². The van der Waals surface area contributed by atoms with Gasteiger partial charge in [0.15, 0.2) is 0 Å². The molecule has 0 unspecified atom stereocenters. The minimum absolute atomic E-state index is 0.157. The summed E-state index contributed by atoms with van der Waals surface area (Å²) >= 11 is 0. The Bertz CT molecular complexity index is 769. The number of anilines is 3. The molecule has 2 fully saturated rings. The number of piperidine rings is 1. The van der Waals surface area contributed by atoms with E-state index in [1.807, 2.05) is 6.20 Å². The summed E-state index contributed by atoms with van der Waals surface area (Å²) in [6.07, 6.45) is 7.73. The number of aromatic nitrogens is 1. The van der Waals surface area contributed by atoms with E-state index in [0.29, 0.717) is 12.0 Å². The van der Waals surface area contributed by atoms with Gasteiger partial charge in [-0.25, -0.2) is 9.37 Å². The normalized spacial score (nSPS) is 23.4. The maximum Gasteiger partial charge on any atom is 0.132 e. The van der Waals surface area contributed by atoms with Gasteiger partial charge >= 0.3 is 0 Å². The van der Waals surface area contributed by atoms with E-state index in [4.69, 9.17) is 0 Å². The number of rotatable bonds is 5. The van der Waals surface area contributed by atoms with E-state index < -0.39 is 0 Å². The molecule has 2 aromatic rings. The first-order valence-electron chi connectivity index (χ1n) is 10.4. The van der Waals surface area contributed by atoms with Crippen LogP contribution in [0.25, 0.3) is 0 Å². The van der Waals surface area contributed by atoms with Crippen LogP contribution in [0.5, 0.6) is 0 Å². The van der Waals surface area contributed by atoms with Crippen molar-refractivity contribution in [3.63, 3.8) is 0 Å². The van der Waals surface area contributed by atoms with Gasteiger partial charge in [0.1, 0.15) is 11.6 Å². The molecule has 0 amide bonds. The van der Waals surface area contributed by atoms with E-state index in [1.165, 1.54) is 17.7 Å². The van der Waals surface area contributed by atoms with Gasteiger partial charge in [-0.1, -0.05) is 0 Å². The van der Waals surface area contributed by atoms with E-state index >= 15 is 0 Å². The van der Waals surface area contributed by atoms with Crippen molar-refractivity contribution in [2.75, 3.05) is 23.7 Å². The lowest BCUT2D eigenvalue weighted by molar-refractivity contribution is 0.126. The monoisotopic (exact) mass is 384 g/mol. The van der Waals surface area contributed by atoms with Crippen molar-refractivity contribution in [2.45, 2.75) is 56.6 Å². The van der Waals surface area contributed by atoms with Crippen LogP contribution in [0.1, 0.15) is 50.0 Å². The van der Waals surface area contributed by atoms with Gasteiger partial charge in [0.05, 0.1) is 6.10 Å². The summed E-state index contributed by atoms with van der Waals surface area (Å²) in [4.78, 5) is 4.63. The molecule has 1 aliphatic carbocycles. The molecule has 28 heavy (non-hydrogen) atoms. The third-order valence-corrected chi connectivity index (χ3v) is 5.89. The predicted octanol–water partition coefficient (Wildman–Crippen LogP) is 4.15. The molecule has 1 saturated carbocycles. The SMILES string of the molecule is OC1CCC(Nc2cc(Nc3ccc(F)cc3)ncc2C2CCNCC2)CC1. The average Bonchev–Trinajstić information content (AvgIpc) is 2.72. The van der Waals surface area contributed by atoms with Crippen LogP contribution in [-0.2, 0) is 0 Å². The van der Waals surface area contributed by atoms with E-state index in [9.17, 15) is 9.50 Å². The zero-order valence-electron chi connectivity index (χ0n) is 16.1. The molecule has 0 spiro atoms. The predicted molar refractivity (Wildman–Crippen MR) is 111 cm³/mol. The van der Waals surface area contributed by atoms with E-state index in [2.05, 4.69) is 27.0 Å². The summed E-state index contributed by atoms with van der Waals surface area (Å²) < 4.78 is 13.2. The molecule has 6 heteroatoms. The van der Waals surface area contributed by atoms with Crippen LogP contribution in [0.15, 0.2) is 36.5 Å². The Morgan fingerprint density at radius 3 is 2.43 bits per heavy atom. The van der Waals surface area contributed by atoms with Crippen molar-refractivity contribution in [3.05, 3.63) is 47.9 Å². The topological polar surface area (TPSA) is 69.2 Å². The summed E-state index contributed by atoms with van der Waals surface area (Å²) in [6, 6.07) is 8.77. The van der Waals surface area contributed by atoms with Gasteiger partial charge in [-0.05, 0) is 87.4 Å². The molecule has 1 aromatic heterocycles. The fraction of sp³-hybridized carbons (Fsp3) is 0.500. The van der Waals surface area contributed by atoms with Crippen molar-refractivity contribution in [2.24, 2.45) is 0 Å². The molecule has 0 atom stereocenters. The second-order valence-electron chi connectivity index (χ2n) is 7.96. The Labute approximate surface area is 165 Å². The third kappa shape index (κ3) is 4.80. The lowest BCUT2D eigenvalue weighted by Gasteiger charge is -2.30. The Balaban J connectivity index is 1.55. The van der Waals surface area contributed by atoms with Crippen molar-refractivity contribution >= 4 is 17.2 Å². The van der Waals surface area contributed by atoms with Crippen molar-refractivity contribution < 1.29 is 9.50 Å².